The highest BCUT2D eigenvalue weighted by atomic mass is 32.2. The van der Waals surface area contributed by atoms with E-state index in [1.807, 2.05) is 23.1 Å². The molecule has 0 radical (unpaired) electrons. The Morgan fingerprint density at radius 1 is 0.938 bits per heavy atom. The molecule has 2 fully saturated rings. The summed E-state index contributed by atoms with van der Waals surface area (Å²) < 4.78 is 27.9. The summed E-state index contributed by atoms with van der Waals surface area (Å²) in [6.07, 6.45) is 5.12. The minimum absolute atomic E-state index is 0.0470. The fourth-order valence-corrected chi connectivity index (χ4v) is 6.19. The van der Waals surface area contributed by atoms with Gasteiger partial charge in [-0.25, -0.2) is 8.42 Å². The van der Waals surface area contributed by atoms with Crippen molar-refractivity contribution in [3.63, 3.8) is 0 Å². The van der Waals surface area contributed by atoms with Crippen molar-refractivity contribution in [2.45, 2.75) is 49.6 Å². The molecule has 0 N–H and O–H groups in total. The quantitative estimate of drug-likeness (QED) is 0.668. The number of carbonyl (C=O) groups excluding carboxylic acids is 1. The van der Waals surface area contributed by atoms with E-state index in [2.05, 4.69) is 17.0 Å². The summed E-state index contributed by atoms with van der Waals surface area (Å²) in [5, 5.41) is 0. The first-order chi connectivity index (χ1) is 15.4. The van der Waals surface area contributed by atoms with Gasteiger partial charge >= 0.3 is 0 Å². The smallest absolute Gasteiger partial charge is 0.253 e. The molecule has 32 heavy (non-hydrogen) atoms. The van der Waals surface area contributed by atoms with Crippen LogP contribution in [0, 0.1) is 0 Å². The monoisotopic (exact) mass is 455 g/mol. The van der Waals surface area contributed by atoms with E-state index in [1.165, 1.54) is 16.3 Å². The third-order valence-corrected chi connectivity index (χ3v) is 8.66. The van der Waals surface area contributed by atoms with Crippen molar-refractivity contribution in [3.05, 3.63) is 65.7 Å². The van der Waals surface area contributed by atoms with Crippen molar-refractivity contribution < 1.29 is 13.2 Å². The second-order valence-electron chi connectivity index (χ2n) is 8.89. The molecule has 0 bridgehead atoms. The Balaban J connectivity index is 1.40. The van der Waals surface area contributed by atoms with Gasteiger partial charge in [-0.15, -0.1) is 0 Å². The van der Waals surface area contributed by atoms with E-state index in [-0.39, 0.29) is 16.8 Å². The Hall–Kier alpha value is -2.22. The first-order valence-corrected chi connectivity index (χ1v) is 13.0. The zero-order valence-corrected chi connectivity index (χ0v) is 19.6. The second-order valence-corrected chi connectivity index (χ2v) is 10.9. The lowest BCUT2D eigenvalue weighted by atomic mass is 9.96. The van der Waals surface area contributed by atoms with Crippen LogP contribution < -0.4 is 0 Å². The molecular formula is C25H33N3O3S. The number of piperazine rings is 1. The summed E-state index contributed by atoms with van der Waals surface area (Å²) >= 11 is 0. The van der Waals surface area contributed by atoms with Crippen molar-refractivity contribution >= 4 is 15.9 Å². The number of sulfonamides is 1. The predicted molar refractivity (Wildman–Crippen MR) is 126 cm³/mol. The molecule has 2 aromatic rings. The Bertz CT molecular complexity index is 1010. The molecule has 2 aromatic carbocycles. The molecule has 2 aliphatic rings. The molecule has 0 atom stereocenters. The van der Waals surface area contributed by atoms with Gasteiger partial charge in [-0.1, -0.05) is 55.7 Å². The van der Waals surface area contributed by atoms with Crippen LogP contribution in [-0.4, -0.2) is 67.7 Å². The Morgan fingerprint density at radius 2 is 1.62 bits per heavy atom. The van der Waals surface area contributed by atoms with E-state index in [1.54, 1.807) is 31.3 Å². The van der Waals surface area contributed by atoms with Crippen molar-refractivity contribution in [2.75, 3.05) is 33.2 Å². The average Bonchev–Trinajstić information content (AvgIpc) is 2.85. The molecule has 0 unspecified atom stereocenters. The van der Waals surface area contributed by atoms with Gasteiger partial charge in [0, 0.05) is 51.4 Å². The number of hydrogen-bond donors (Lipinski definition) is 0. The summed E-state index contributed by atoms with van der Waals surface area (Å²) in [7, 11) is -1.94. The fourth-order valence-electron chi connectivity index (χ4n) is 4.73. The second kappa shape index (κ2) is 10.1. The molecule has 7 heteroatoms. The molecular weight excluding hydrogens is 422 g/mol. The van der Waals surface area contributed by atoms with Gasteiger partial charge < -0.3 is 4.90 Å². The van der Waals surface area contributed by atoms with Gasteiger partial charge in [0.05, 0.1) is 4.90 Å². The van der Waals surface area contributed by atoms with Crippen LogP contribution in [0.15, 0.2) is 59.5 Å². The van der Waals surface area contributed by atoms with Crippen LogP contribution in [0.3, 0.4) is 0 Å². The van der Waals surface area contributed by atoms with Crippen LogP contribution in [0.2, 0.25) is 0 Å². The Kier molecular flexibility index (Phi) is 7.28. The normalized spacial score (nSPS) is 18.8. The molecule has 1 heterocycles. The topological polar surface area (TPSA) is 60.9 Å². The summed E-state index contributed by atoms with van der Waals surface area (Å²) in [5.41, 5.74) is 1.71. The maximum absolute atomic E-state index is 13.2. The SMILES string of the molecule is CN(C1CCCCC1)S(=O)(=O)c1cccc(C(=O)N2CCN(Cc3ccccc3)CC2)c1. The van der Waals surface area contributed by atoms with Gasteiger partial charge in [-0.2, -0.15) is 4.31 Å². The number of hydrogen-bond acceptors (Lipinski definition) is 4. The molecule has 172 valence electrons. The van der Waals surface area contributed by atoms with Crippen LogP contribution >= 0.6 is 0 Å². The van der Waals surface area contributed by atoms with E-state index < -0.39 is 10.0 Å². The molecule has 1 aliphatic heterocycles. The largest absolute Gasteiger partial charge is 0.336 e. The minimum Gasteiger partial charge on any atom is -0.336 e. The zero-order valence-electron chi connectivity index (χ0n) is 18.8. The van der Waals surface area contributed by atoms with Gasteiger partial charge in [-0.3, -0.25) is 9.69 Å². The Labute approximate surface area is 191 Å². The molecule has 4 rings (SSSR count). The lowest BCUT2D eigenvalue weighted by molar-refractivity contribution is 0.0628. The molecule has 6 nitrogen and oxygen atoms in total. The van der Waals surface area contributed by atoms with Gasteiger partial charge in [0.1, 0.15) is 0 Å². The van der Waals surface area contributed by atoms with Crippen molar-refractivity contribution in [3.8, 4) is 0 Å². The third kappa shape index (κ3) is 5.22. The van der Waals surface area contributed by atoms with Crippen LogP contribution in [0.25, 0.3) is 0 Å². The molecule has 1 saturated carbocycles. The number of nitrogens with zero attached hydrogens (tertiary/aromatic N) is 3. The summed E-state index contributed by atoms with van der Waals surface area (Å²) in [5.74, 6) is -0.0956. The van der Waals surface area contributed by atoms with Crippen LogP contribution in [0.5, 0.6) is 0 Å². The summed E-state index contributed by atoms with van der Waals surface area (Å²) in [4.78, 5) is 17.5. The lowest BCUT2D eigenvalue weighted by Crippen LogP contribution is -2.48. The first kappa shape index (κ1) is 23.0. The maximum atomic E-state index is 13.2. The third-order valence-electron chi connectivity index (χ3n) is 6.76. The molecule has 0 spiro atoms. The first-order valence-electron chi connectivity index (χ1n) is 11.6. The van der Waals surface area contributed by atoms with E-state index in [9.17, 15) is 13.2 Å². The molecule has 0 aromatic heterocycles. The number of carbonyl (C=O) groups is 1. The molecule has 1 amide bonds. The lowest BCUT2D eigenvalue weighted by Gasteiger charge is -2.35. The zero-order chi connectivity index (χ0) is 22.6. The highest BCUT2D eigenvalue weighted by molar-refractivity contribution is 7.89. The number of benzene rings is 2. The molecule has 1 saturated heterocycles. The van der Waals surface area contributed by atoms with Gasteiger partial charge in [0.25, 0.3) is 5.91 Å². The Morgan fingerprint density at radius 3 is 2.31 bits per heavy atom. The van der Waals surface area contributed by atoms with Crippen LogP contribution in [-0.2, 0) is 16.6 Å². The van der Waals surface area contributed by atoms with Crippen molar-refractivity contribution in [1.29, 1.82) is 0 Å². The van der Waals surface area contributed by atoms with E-state index in [0.717, 1.165) is 45.3 Å². The number of amides is 1. The minimum atomic E-state index is -3.61. The van der Waals surface area contributed by atoms with Gasteiger partial charge in [-0.05, 0) is 36.6 Å². The van der Waals surface area contributed by atoms with Gasteiger partial charge in [0.2, 0.25) is 10.0 Å². The molecule has 1 aliphatic carbocycles. The maximum Gasteiger partial charge on any atom is 0.253 e. The predicted octanol–water partition coefficient (Wildman–Crippen LogP) is 3.60. The average molecular weight is 456 g/mol. The van der Waals surface area contributed by atoms with Crippen LogP contribution in [0.4, 0.5) is 0 Å². The van der Waals surface area contributed by atoms with Gasteiger partial charge in [0.15, 0.2) is 0 Å². The highest BCUT2D eigenvalue weighted by Gasteiger charge is 2.30. The van der Waals surface area contributed by atoms with Crippen LogP contribution in [0.1, 0.15) is 48.0 Å². The summed E-state index contributed by atoms with van der Waals surface area (Å²) in [6.45, 7) is 3.78. The summed E-state index contributed by atoms with van der Waals surface area (Å²) in [6, 6.07) is 16.9. The van der Waals surface area contributed by atoms with E-state index >= 15 is 0 Å². The van der Waals surface area contributed by atoms with Crippen molar-refractivity contribution in [1.82, 2.24) is 14.1 Å². The van der Waals surface area contributed by atoms with E-state index in [0.29, 0.717) is 18.7 Å². The van der Waals surface area contributed by atoms with E-state index in [4.69, 9.17) is 0 Å². The standard InChI is InChI=1S/C25H33N3O3S/c1-26(23-12-6-3-7-13-23)32(30,31)24-14-8-11-22(19-24)25(29)28-17-15-27(16-18-28)20-21-9-4-2-5-10-21/h2,4-5,8-11,14,19,23H,3,6-7,12-13,15-18,20H2,1H3. The number of rotatable bonds is 6. The van der Waals surface area contributed by atoms with Crippen molar-refractivity contribution in [2.24, 2.45) is 0 Å². The fraction of sp³-hybridized carbons (Fsp3) is 0.480. The highest BCUT2D eigenvalue weighted by Crippen LogP contribution is 2.27.